The summed E-state index contributed by atoms with van der Waals surface area (Å²) in [5.74, 6) is 0.309. The molecule has 1 aliphatic heterocycles. The van der Waals surface area contributed by atoms with E-state index in [-0.39, 0.29) is 17.8 Å². The number of hydrogen-bond donors (Lipinski definition) is 2. The van der Waals surface area contributed by atoms with Gasteiger partial charge in [-0.15, -0.1) is 0 Å². The van der Waals surface area contributed by atoms with Gasteiger partial charge in [-0.05, 0) is 67.9 Å². The van der Waals surface area contributed by atoms with E-state index in [1.165, 1.54) is 17.7 Å². The summed E-state index contributed by atoms with van der Waals surface area (Å²) >= 11 is 0. The Morgan fingerprint density at radius 1 is 1.00 bits per heavy atom. The summed E-state index contributed by atoms with van der Waals surface area (Å²) in [6.45, 7) is 2.09. The van der Waals surface area contributed by atoms with Crippen LogP contribution in [0.1, 0.15) is 37.7 Å². The van der Waals surface area contributed by atoms with Crippen LogP contribution in [-0.2, 0) is 11.2 Å². The number of benzene rings is 2. The molecule has 30 heavy (non-hydrogen) atoms. The van der Waals surface area contributed by atoms with Gasteiger partial charge in [0.05, 0.1) is 0 Å². The highest BCUT2D eigenvalue weighted by molar-refractivity contribution is 5.89. The van der Waals surface area contributed by atoms with Gasteiger partial charge in [-0.3, -0.25) is 4.79 Å². The lowest BCUT2D eigenvalue weighted by Gasteiger charge is -2.32. The molecule has 2 aromatic carbocycles. The first-order valence-corrected chi connectivity index (χ1v) is 10.7. The van der Waals surface area contributed by atoms with Gasteiger partial charge in [0.25, 0.3) is 0 Å². The van der Waals surface area contributed by atoms with Crippen molar-refractivity contribution in [2.45, 2.75) is 38.5 Å². The normalized spacial score (nSPS) is 14.4. The Bertz CT molecular complexity index is 803. The number of likely N-dealkylation sites (tertiary alicyclic amines) is 1. The van der Waals surface area contributed by atoms with Crippen LogP contribution in [0.25, 0.3) is 0 Å². The van der Waals surface area contributed by atoms with E-state index in [0.29, 0.717) is 37.7 Å². The number of carbonyl (C=O) groups excluding carboxylic acids is 2. The molecule has 0 spiro atoms. The van der Waals surface area contributed by atoms with Crippen molar-refractivity contribution in [3.63, 3.8) is 0 Å². The lowest BCUT2D eigenvalue weighted by molar-refractivity contribution is -0.121. The Labute approximate surface area is 177 Å². The topological polar surface area (TPSA) is 61.4 Å². The summed E-state index contributed by atoms with van der Waals surface area (Å²) in [5, 5.41) is 5.83. The first kappa shape index (κ1) is 21.8. The second kappa shape index (κ2) is 11.3. The van der Waals surface area contributed by atoms with Crippen LogP contribution in [0.4, 0.5) is 14.9 Å². The molecule has 1 fully saturated rings. The number of amides is 3. The molecule has 0 radical (unpaired) electrons. The maximum absolute atomic E-state index is 13.0. The van der Waals surface area contributed by atoms with Crippen LogP contribution in [0.2, 0.25) is 0 Å². The maximum atomic E-state index is 13.0. The van der Waals surface area contributed by atoms with Crippen LogP contribution in [0, 0.1) is 11.7 Å². The minimum atomic E-state index is -0.322. The van der Waals surface area contributed by atoms with E-state index in [9.17, 15) is 14.0 Å². The molecule has 0 saturated carbocycles. The summed E-state index contributed by atoms with van der Waals surface area (Å²) in [6.07, 6.45) is 5.14. The molecule has 6 heteroatoms. The van der Waals surface area contributed by atoms with E-state index in [2.05, 4.69) is 22.8 Å². The van der Waals surface area contributed by atoms with Crippen LogP contribution in [0.15, 0.2) is 54.6 Å². The van der Waals surface area contributed by atoms with Gasteiger partial charge in [0.1, 0.15) is 5.82 Å². The van der Waals surface area contributed by atoms with E-state index in [4.69, 9.17) is 0 Å². The second-order valence-corrected chi connectivity index (χ2v) is 7.85. The first-order valence-electron chi connectivity index (χ1n) is 10.7. The zero-order chi connectivity index (χ0) is 21.2. The number of hydrogen-bond acceptors (Lipinski definition) is 2. The average molecular weight is 412 g/mol. The Morgan fingerprint density at radius 3 is 2.40 bits per heavy atom. The van der Waals surface area contributed by atoms with Crippen molar-refractivity contribution in [1.29, 1.82) is 0 Å². The molecule has 0 aliphatic carbocycles. The molecule has 1 aliphatic rings. The largest absolute Gasteiger partial charge is 0.356 e. The number of halogens is 1. The molecule has 0 unspecified atom stereocenters. The van der Waals surface area contributed by atoms with Gasteiger partial charge in [-0.25, -0.2) is 9.18 Å². The van der Waals surface area contributed by atoms with Crippen molar-refractivity contribution in [2.75, 3.05) is 25.0 Å². The zero-order valence-corrected chi connectivity index (χ0v) is 17.3. The van der Waals surface area contributed by atoms with E-state index in [0.717, 1.165) is 32.1 Å². The molecule has 1 saturated heterocycles. The molecule has 0 bridgehead atoms. The monoisotopic (exact) mass is 411 g/mol. The minimum absolute atomic E-state index is 0.113. The number of nitrogens with one attached hydrogen (secondary N) is 2. The number of piperidine rings is 1. The highest BCUT2D eigenvalue weighted by atomic mass is 19.1. The zero-order valence-electron chi connectivity index (χ0n) is 17.3. The van der Waals surface area contributed by atoms with Gasteiger partial charge in [0.15, 0.2) is 0 Å². The molecule has 2 N–H and O–H groups in total. The molecule has 3 rings (SSSR count). The van der Waals surface area contributed by atoms with Crippen LogP contribution >= 0.6 is 0 Å². The Balaban J connectivity index is 1.27. The average Bonchev–Trinajstić information content (AvgIpc) is 2.76. The van der Waals surface area contributed by atoms with Crippen molar-refractivity contribution in [1.82, 2.24) is 10.2 Å². The fraction of sp³-hybridized carbons (Fsp3) is 0.417. The van der Waals surface area contributed by atoms with Crippen LogP contribution in [0.3, 0.4) is 0 Å². The standard InChI is InChI=1S/C24H30FN3O2/c25-21-9-11-22(12-10-21)27-24(30)28-17-14-20(15-18-28)13-16-26-23(29)8-4-7-19-5-2-1-3-6-19/h1-3,5-6,9-12,20H,4,7-8,13-18H2,(H,26,29)(H,27,30). The number of nitrogens with zero attached hydrogens (tertiary/aromatic N) is 1. The lowest BCUT2D eigenvalue weighted by Crippen LogP contribution is -2.41. The Kier molecular flexibility index (Phi) is 8.24. The van der Waals surface area contributed by atoms with Crippen molar-refractivity contribution in [3.05, 3.63) is 66.0 Å². The summed E-state index contributed by atoms with van der Waals surface area (Å²) < 4.78 is 13.0. The second-order valence-electron chi connectivity index (χ2n) is 7.85. The Morgan fingerprint density at radius 2 is 1.70 bits per heavy atom. The highest BCUT2D eigenvalue weighted by Crippen LogP contribution is 2.21. The number of urea groups is 1. The third-order valence-corrected chi connectivity index (χ3v) is 5.58. The molecule has 160 valence electrons. The SMILES string of the molecule is O=C(CCCc1ccccc1)NCCC1CCN(C(=O)Nc2ccc(F)cc2)CC1. The summed E-state index contributed by atoms with van der Waals surface area (Å²) in [6, 6.07) is 15.8. The van der Waals surface area contributed by atoms with E-state index >= 15 is 0 Å². The molecule has 0 atom stereocenters. The molecule has 3 amide bonds. The molecule has 1 heterocycles. The smallest absolute Gasteiger partial charge is 0.321 e. The Hall–Kier alpha value is -2.89. The summed E-state index contributed by atoms with van der Waals surface area (Å²) in [5.41, 5.74) is 1.86. The minimum Gasteiger partial charge on any atom is -0.356 e. The molecular formula is C24H30FN3O2. The predicted molar refractivity (Wildman–Crippen MR) is 117 cm³/mol. The van der Waals surface area contributed by atoms with Gasteiger partial charge in [0.2, 0.25) is 5.91 Å². The molecular weight excluding hydrogens is 381 g/mol. The molecule has 2 aromatic rings. The van der Waals surface area contributed by atoms with Crippen molar-refractivity contribution in [3.8, 4) is 0 Å². The lowest BCUT2D eigenvalue weighted by atomic mass is 9.93. The fourth-order valence-corrected chi connectivity index (χ4v) is 3.76. The van der Waals surface area contributed by atoms with Crippen molar-refractivity contribution in [2.24, 2.45) is 5.92 Å². The highest BCUT2D eigenvalue weighted by Gasteiger charge is 2.22. The summed E-state index contributed by atoms with van der Waals surface area (Å²) in [7, 11) is 0. The van der Waals surface area contributed by atoms with Gasteiger partial charge < -0.3 is 15.5 Å². The van der Waals surface area contributed by atoms with Gasteiger partial charge in [-0.2, -0.15) is 0 Å². The molecule has 0 aromatic heterocycles. The van der Waals surface area contributed by atoms with E-state index < -0.39 is 0 Å². The third kappa shape index (κ3) is 7.17. The van der Waals surface area contributed by atoms with E-state index in [1.807, 2.05) is 18.2 Å². The van der Waals surface area contributed by atoms with Crippen molar-refractivity contribution >= 4 is 17.6 Å². The molecule has 5 nitrogen and oxygen atoms in total. The maximum Gasteiger partial charge on any atom is 0.321 e. The van der Waals surface area contributed by atoms with Crippen molar-refractivity contribution < 1.29 is 14.0 Å². The van der Waals surface area contributed by atoms with Gasteiger partial charge >= 0.3 is 6.03 Å². The number of rotatable bonds is 8. The first-order chi connectivity index (χ1) is 14.6. The van der Waals surface area contributed by atoms with Crippen LogP contribution in [0.5, 0.6) is 0 Å². The third-order valence-electron chi connectivity index (χ3n) is 5.58. The quantitative estimate of drug-likeness (QED) is 0.667. The van der Waals surface area contributed by atoms with Crippen LogP contribution < -0.4 is 10.6 Å². The summed E-state index contributed by atoms with van der Waals surface area (Å²) in [4.78, 5) is 26.1. The number of anilines is 1. The number of carbonyl (C=O) groups is 2. The number of aryl methyl sites for hydroxylation is 1. The van der Waals surface area contributed by atoms with Gasteiger partial charge in [0, 0.05) is 31.7 Å². The van der Waals surface area contributed by atoms with Crippen LogP contribution in [-0.4, -0.2) is 36.5 Å². The van der Waals surface area contributed by atoms with E-state index in [1.54, 1.807) is 17.0 Å². The van der Waals surface area contributed by atoms with Gasteiger partial charge in [-0.1, -0.05) is 30.3 Å². The predicted octanol–water partition coefficient (Wildman–Crippen LogP) is 4.60. The fourth-order valence-electron chi connectivity index (χ4n) is 3.76.